The van der Waals surface area contributed by atoms with Crippen LogP contribution in [0.25, 0.3) is 0 Å². The molecule has 0 aromatic carbocycles. The highest BCUT2D eigenvalue weighted by atomic mass is 79.9. The van der Waals surface area contributed by atoms with E-state index in [4.69, 9.17) is 0 Å². The van der Waals surface area contributed by atoms with Gasteiger partial charge in [-0.2, -0.15) is 0 Å². The summed E-state index contributed by atoms with van der Waals surface area (Å²) in [5.74, 6) is 0. The minimum atomic E-state index is 0.802. The predicted octanol–water partition coefficient (Wildman–Crippen LogP) is 2.59. The van der Waals surface area contributed by atoms with Gasteiger partial charge in [0.15, 0.2) is 0 Å². The van der Waals surface area contributed by atoms with Crippen LogP contribution in [0.4, 0.5) is 0 Å². The van der Waals surface area contributed by atoms with E-state index in [9.17, 15) is 0 Å². The molecule has 0 aliphatic rings. The zero-order valence-electron chi connectivity index (χ0n) is 7.98. The normalized spacial score (nSPS) is 10.5. The average Bonchev–Trinajstić information content (AvgIpc) is 2.66. The van der Waals surface area contributed by atoms with E-state index in [1.54, 1.807) is 17.7 Å². The average molecular weight is 284 g/mol. The SMILES string of the molecule is Brc1csc(CNCc2cncnc2)c1. The molecule has 78 valence electrons. The van der Waals surface area contributed by atoms with Crippen molar-refractivity contribution >= 4 is 27.3 Å². The summed E-state index contributed by atoms with van der Waals surface area (Å²) >= 11 is 5.18. The van der Waals surface area contributed by atoms with Crippen LogP contribution < -0.4 is 5.32 Å². The number of halogens is 1. The molecular formula is C10H10BrN3S. The summed E-state index contributed by atoms with van der Waals surface area (Å²) in [5, 5.41) is 5.43. The van der Waals surface area contributed by atoms with Crippen molar-refractivity contribution in [3.63, 3.8) is 0 Å². The second-order valence-corrected chi connectivity index (χ2v) is 4.99. The minimum absolute atomic E-state index is 0.802. The monoisotopic (exact) mass is 283 g/mol. The Balaban J connectivity index is 1.80. The van der Waals surface area contributed by atoms with Crippen molar-refractivity contribution in [2.24, 2.45) is 0 Å². The zero-order chi connectivity index (χ0) is 10.5. The van der Waals surface area contributed by atoms with Gasteiger partial charge in [-0.05, 0) is 22.0 Å². The summed E-state index contributed by atoms with van der Waals surface area (Å²) in [4.78, 5) is 9.24. The molecule has 1 N–H and O–H groups in total. The van der Waals surface area contributed by atoms with Crippen molar-refractivity contribution in [1.82, 2.24) is 15.3 Å². The number of hydrogen-bond donors (Lipinski definition) is 1. The van der Waals surface area contributed by atoms with Gasteiger partial charge in [0.2, 0.25) is 0 Å². The summed E-state index contributed by atoms with van der Waals surface area (Å²) in [5.41, 5.74) is 1.10. The van der Waals surface area contributed by atoms with Crippen LogP contribution in [0.15, 0.2) is 34.6 Å². The second-order valence-electron chi connectivity index (χ2n) is 3.08. The largest absolute Gasteiger partial charge is 0.308 e. The van der Waals surface area contributed by atoms with Gasteiger partial charge >= 0.3 is 0 Å². The standard InChI is InChI=1S/C10H10BrN3S/c11-9-1-10(15-6-9)5-12-2-8-3-13-7-14-4-8/h1,3-4,6-7,12H,2,5H2. The number of rotatable bonds is 4. The first kappa shape index (κ1) is 10.7. The molecule has 3 nitrogen and oxygen atoms in total. The smallest absolute Gasteiger partial charge is 0.115 e. The summed E-state index contributed by atoms with van der Waals surface area (Å²) in [7, 11) is 0. The van der Waals surface area contributed by atoms with E-state index in [0.717, 1.165) is 23.1 Å². The van der Waals surface area contributed by atoms with Crippen LogP contribution in [0.3, 0.4) is 0 Å². The van der Waals surface area contributed by atoms with E-state index in [1.807, 2.05) is 12.4 Å². The van der Waals surface area contributed by atoms with E-state index in [1.165, 1.54) is 4.88 Å². The first-order chi connectivity index (χ1) is 7.34. The third kappa shape index (κ3) is 3.37. The van der Waals surface area contributed by atoms with Crippen LogP contribution in [-0.2, 0) is 13.1 Å². The van der Waals surface area contributed by atoms with Gasteiger partial charge in [0, 0.05) is 45.8 Å². The molecule has 0 fully saturated rings. The Morgan fingerprint density at radius 1 is 1.27 bits per heavy atom. The molecular weight excluding hydrogens is 274 g/mol. The maximum Gasteiger partial charge on any atom is 0.115 e. The van der Waals surface area contributed by atoms with Gasteiger partial charge in [-0.25, -0.2) is 9.97 Å². The Morgan fingerprint density at radius 2 is 2.07 bits per heavy atom. The predicted molar refractivity (Wildman–Crippen MR) is 64.6 cm³/mol. The van der Waals surface area contributed by atoms with Gasteiger partial charge in [0.05, 0.1) is 0 Å². The van der Waals surface area contributed by atoms with Crippen LogP contribution >= 0.6 is 27.3 Å². The van der Waals surface area contributed by atoms with Gasteiger partial charge in [-0.1, -0.05) is 0 Å². The maximum absolute atomic E-state index is 3.96. The first-order valence-corrected chi connectivity index (χ1v) is 6.19. The number of thiophene rings is 1. The minimum Gasteiger partial charge on any atom is -0.308 e. The van der Waals surface area contributed by atoms with E-state index in [2.05, 4.69) is 42.7 Å². The number of nitrogens with zero attached hydrogens (tertiary/aromatic N) is 2. The van der Waals surface area contributed by atoms with Gasteiger partial charge in [0.1, 0.15) is 6.33 Å². The van der Waals surface area contributed by atoms with Crippen molar-refractivity contribution in [1.29, 1.82) is 0 Å². The molecule has 0 saturated carbocycles. The molecule has 2 heterocycles. The number of aromatic nitrogens is 2. The zero-order valence-corrected chi connectivity index (χ0v) is 10.4. The van der Waals surface area contributed by atoms with Crippen molar-refractivity contribution in [3.05, 3.63) is 45.1 Å². The Morgan fingerprint density at radius 3 is 2.73 bits per heavy atom. The molecule has 0 atom stereocenters. The van der Waals surface area contributed by atoms with Gasteiger partial charge in [-0.3, -0.25) is 0 Å². The topological polar surface area (TPSA) is 37.8 Å². The third-order valence-electron chi connectivity index (χ3n) is 1.86. The molecule has 0 bridgehead atoms. The molecule has 2 aromatic rings. The lowest BCUT2D eigenvalue weighted by molar-refractivity contribution is 0.696. The molecule has 0 aliphatic carbocycles. The Hall–Kier alpha value is -0.780. The summed E-state index contributed by atoms with van der Waals surface area (Å²) < 4.78 is 1.15. The fourth-order valence-corrected chi connectivity index (χ4v) is 2.62. The van der Waals surface area contributed by atoms with E-state index < -0.39 is 0 Å². The van der Waals surface area contributed by atoms with Gasteiger partial charge in [0.25, 0.3) is 0 Å². The summed E-state index contributed by atoms with van der Waals surface area (Å²) in [6.07, 6.45) is 5.19. The highest BCUT2D eigenvalue weighted by molar-refractivity contribution is 9.10. The van der Waals surface area contributed by atoms with Crippen LogP contribution in [-0.4, -0.2) is 9.97 Å². The molecule has 2 rings (SSSR count). The number of hydrogen-bond acceptors (Lipinski definition) is 4. The molecule has 2 aromatic heterocycles. The van der Waals surface area contributed by atoms with E-state index in [0.29, 0.717) is 0 Å². The van der Waals surface area contributed by atoms with E-state index in [-0.39, 0.29) is 0 Å². The molecule has 0 unspecified atom stereocenters. The highest BCUT2D eigenvalue weighted by Gasteiger charge is 1.97. The molecule has 0 aliphatic heterocycles. The van der Waals surface area contributed by atoms with Crippen molar-refractivity contribution < 1.29 is 0 Å². The molecule has 15 heavy (non-hydrogen) atoms. The fraction of sp³-hybridized carbons (Fsp3) is 0.200. The Kier molecular flexibility index (Phi) is 3.82. The van der Waals surface area contributed by atoms with Gasteiger partial charge in [-0.15, -0.1) is 11.3 Å². The second kappa shape index (κ2) is 5.34. The maximum atomic E-state index is 3.96. The molecule has 5 heteroatoms. The third-order valence-corrected chi connectivity index (χ3v) is 3.56. The van der Waals surface area contributed by atoms with Crippen LogP contribution in [0.1, 0.15) is 10.4 Å². The quantitative estimate of drug-likeness (QED) is 0.937. The summed E-state index contributed by atoms with van der Waals surface area (Å²) in [6, 6.07) is 2.12. The molecule has 0 radical (unpaired) electrons. The fourth-order valence-electron chi connectivity index (χ4n) is 1.20. The molecule has 0 amide bonds. The summed E-state index contributed by atoms with van der Waals surface area (Å²) in [6.45, 7) is 1.68. The van der Waals surface area contributed by atoms with Crippen molar-refractivity contribution in [2.75, 3.05) is 0 Å². The van der Waals surface area contributed by atoms with Crippen LogP contribution in [0, 0.1) is 0 Å². The van der Waals surface area contributed by atoms with E-state index >= 15 is 0 Å². The molecule has 0 spiro atoms. The lowest BCUT2D eigenvalue weighted by atomic mass is 10.3. The first-order valence-electron chi connectivity index (χ1n) is 4.52. The van der Waals surface area contributed by atoms with Crippen molar-refractivity contribution in [3.8, 4) is 0 Å². The van der Waals surface area contributed by atoms with Crippen LogP contribution in [0.2, 0.25) is 0 Å². The lowest BCUT2D eigenvalue weighted by Gasteiger charge is -2.01. The Labute approximate surface area is 101 Å². The lowest BCUT2D eigenvalue weighted by Crippen LogP contribution is -2.11. The highest BCUT2D eigenvalue weighted by Crippen LogP contribution is 2.19. The number of nitrogens with one attached hydrogen (secondary N) is 1. The Bertz CT molecular complexity index is 416. The van der Waals surface area contributed by atoms with Gasteiger partial charge < -0.3 is 5.32 Å². The van der Waals surface area contributed by atoms with Crippen molar-refractivity contribution in [2.45, 2.75) is 13.1 Å². The van der Waals surface area contributed by atoms with Crippen LogP contribution in [0.5, 0.6) is 0 Å². The molecule has 0 saturated heterocycles.